The van der Waals surface area contributed by atoms with E-state index in [-0.39, 0.29) is 12.5 Å². The third-order valence-electron chi connectivity index (χ3n) is 5.63. The van der Waals surface area contributed by atoms with Gasteiger partial charge in [0, 0.05) is 17.9 Å². The maximum Gasteiger partial charge on any atom is 0.313 e. The van der Waals surface area contributed by atoms with E-state index in [1.54, 1.807) is 54.3 Å². The lowest BCUT2D eigenvalue weighted by atomic mass is 9.96. The van der Waals surface area contributed by atoms with E-state index >= 15 is 0 Å². The highest BCUT2D eigenvalue weighted by molar-refractivity contribution is 7.12. The van der Waals surface area contributed by atoms with Crippen LogP contribution < -0.4 is 15.5 Å². The van der Waals surface area contributed by atoms with E-state index in [0.717, 1.165) is 24.1 Å². The predicted molar refractivity (Wildman–Crippen MR) is 128 cm³/mol. The zero-order valence-electron chi connectivity index (χ0n) is 18.2. The summed E-state index contributed by atoms with van der Waals surface area (Å²) in [5, 5.41) is 17.6. The second-order valence-electron chi connectivity index (χ2n) is 8.16. The van der Waals surface area contributed by atoms with Gasteiger partial charge in [-0.2, -0.15) is 0 Å². The van der Waals surface area contributed by atoms with Crippen molar-refractivity contribution in [2.45, 2.75) is 25.4 Å². The van der Waals surface area contributed by atoms with Gasteiger partial charge in [0.05, 0.1) is 11.4 Å². The first-order valence-electron chi connectivity index (χ1n) is 10.7. The predicted octanol–water partition coefficient (Wildman–Crippen LogP) is 3.30. The molecule has 0 fully saturated rings. The van der Waals surface area contributed by atoms with E-state index in [1.165, 1.54) is 11.3 Å². The van der Waals surface area contributed by atoms with Crippen LogP contribution in [0.3, 0.4) is 0 Å². The van der Waals surface area contributed by atoms with Crippen molar-refractivity contribution in [3.63, 3.8) is 0 Å². The molecule has 33 heavy (non-hydrogen) atoms. The molecular formula is C25H25N3O4S. The maximum atomic E-state index is 12.8. The fraction of sp³-hybridized carbons (Fsp3) is 0.240. The number of aliphatic hydroxyl groups is 1. The molecule has 2 heterocycles. The van der Waals surface area contributed by atoms with Crippen molar-refractivity contribution >= 4 is 40.4 Å². The van der Waals surface area contributed by atoms with Crippen molar-refractivity contribution in [3.05, 3.63) is 82.0 Å². The van der Waals surface area contributed by atoms with Crippen molar-refractivity contribution in [1.29, 1.82) is 0 Å². The molecule has 0 radical (unpaired) electrons. The molecule has 0 bridgehead atoms. The van der Waals surface area contributed by atoms with Crippen LogP contribution in [0, 0.1) is 0 Å². The number of hydrogen-bond donors (Lipinski definition) is 3. The zero-order chi connectivity index (χ0) is 23.4. The summed E-state index contributed by atoms with van der Waals surface area (Å²) in [6.45, 7) is 2.11. The molecule has 0 saturated carbocycles. The molecule has 7 nitrogen and oxygen atoms in total. The molecule has 170 valence electrons. The number of fused-ring (bicyclic) bond motifs is 1. The van der Waals surface area contributed by atoms with Gasteiger partial charge < -0.3 is 20.6 Å². The monoisotopic (exact) mass is 463 g/mol. The molecule has 2 aromatic carbocycles. The maximum absolute atomic E-state index is 12.8. The summed E-state index contributed by atoms with van der Waals surface area (Å²) < 4.78 is 0. The van der Waals surface area contributed by atoms with Crippen LogP contribution in [0.1, 0.15) is 34.1 Å². The molecule has 3 amide bonds. The number of hydrogen-bond acceptors (Lipinski definition) is 5. The minimum atomic E-state index is -1.30. The summed E-state index contributed by atoms with van der Waals surface area (Å²) in [5.41, 5.74) is 1.58. The van der Waals surface area contributed by atoms with Gasteiger partial charge in [-0.15, -0.1) is 11.3 Å². The summed E-state index contributed by atoms with van der Waals surface area (Å²) in [4.78, 5) is 40.0. The summed E-state index contributed by atoms with van der Waals surface area (Å²) in [7, 11) is 0. The molecule has 1 aliphatic rings. The van der Waals surface area contributed by atoms with Gasteiger partial charge in [0.1, 0.15) is 5.60 Å². The number of carbonyl (C=O) groups is 3. The fourth-order valence-electron chi connectivity index (χ4n) is 3.84. The lowest BCUT2D eigenvalue weighted by molar-refractivity contribution is -0.136. The molecule has 8 heteroatoms. The number of aryl methyl sites for hydroxylation is 1. The lowest BCUT2D eigenvalue weighted by Gasteiger charge is -2.29. The Hall–Kier alpha value is -3.49. The molecule has 0 spiro atoms. The molecule has 0 aliphatic carbocycles. The largest absolute Gasteiger partial charge is 0.384 e. The molecule has 4 rings (SSSR count). The molecule has 1 atom stereocenters. The van der Waals surface area contributed by atoms with Crippen LogP contribution in [-0.2, 0) is 21.6 Å². The highest BCUT2D eigenvalue weighted by Gasteiger charge is 2.27. The average molecular weight is 464 g/mol. The standard InChI is InChI=1S/C25H25N3O4S/c1-25(32,18-8-3-2-4-9-18)16-26-22(29)23(30)27-19-11-12-20-17(15-19)7-5-13-28(20)24(31)21-10-6-14-33-21/h2-4,6,8-12,14-15,32H,5,7,13,16H2,1H3,(H,26,29)(H,27,30). The van der Waals surface area contributed by atoms with Crippen molar-refractivity contribution in [1.82, 2.24) is 5.32 Å². The third-order valence-corrected chi connectivity index (χ3v) is 6.49. The van der Waals surface area contributed by atoms with Crippen LogP contribution in [0.15, 0.2) is 66.0 Å². The van der Waals surface area contributed by atoms with E-state index in [0.29, 0.717) is 22.7 Å². The topological polar surface area (TPSA) is 98.7 Å². The summed E-state index contributed by atoms with van der Waals surface area (Å²) >= 11 is 1.41. The van der Waals surface area contributed by atoms with Crippen LogP contribution in [-0.4, -0.2) is 35.9 Å². The molecular weight excluding hydrogens is 438 g/mol. The van der Waals surface area contributed by atoms with Crippen LogP contribution in [0.2, 0.25) is 0 Å². The quantitative estimate of drug-likeness (QED) is 0.506. The molecule has 1 aliphatic heterocycles. The van der Waals surface area contributed by atoms with Crippen LogP contribution in [0.5, 0.6) is 0 Å². The lowest BCUT2D eigenvalue weighted by Crippen LogP contribution is -2.43. The number of nitrogens with one attached hydrogen (secondary N) is 2. The highest BCUT2D eigenvalue weighted by Crippen LogP contribution is 2.31. The Morgan fingerprint density at radius 1 is 1.06 bits per heavy atom. The minimum absolute atomic E-state index is 0.0346. The van der Waals surface area contributed by atoms with E-state index in [4.69, 9.17) is 0 Å². The van der Waals surface area contributed by atoms with Crippen LogP contribution >= 0.6 is 11.3 Å². The van der Waals surface area contributed by atoms with Crippen LogP contribution in [0.25, 0.3) is 0 Å². The van der Waals surface area contributed by atoms with E-state index in [2.05, 4.69) is 10.6 Å². The van der Waals surface area contributed by atoms with Gasteiger partial charge in [-0.1, -0.05) is 36.4 Å². The molecule has 1 aromatic heterocycles. The Balaban J connectivity index is 1.39. The molecule has 3 aromatic rings. The SMILES string of the molecule is CC(O)(CNC(=O)C(=O)Nc1ccc2c(c1)CCCN2C(=O)c1cccs1)c1ccccc1. The minimum Gasteiger partial charge on any atom is -0.384 e. The summed E-state index contributed by atoms with van der Waals surface area (Å²) in [6.07, 6.45) is 1.59. The molecule has 3 N–H and O–H groups in total. The Bertz CT molecular complexity index is 1160. The van der Waals surface area contributed by atoms with Gasteiger partial charge in [-0.05, 0) is 60.5 Å². The van der Waals surface area contributed by atoms with Crippen LogP contribution in [0.4, 0.5) is 11.4 Å². The Morgan fingerprint density at radius 3 is 2.58 bits per heavy atom. The van der Waals surface area contributed by atoms with Crippen molar-refractivity contribution in [3.8, 4) is 0 Å². The second-order valence-corrected chi connectivity index (χ2v) is 9.11. The van der Waals surface area contributed by atoms with Gasteiger partial charge in [-0.25, -0.2) is 0 Å². The van der Waals surface area contributed by atoms with Crippen molar-refractivity contribution in [2.75, 3.05) is 23.3 Å². The second kappa shape index (κ2) is 9.56. The van der Waals surface area contributed by atoms with Crippen molar-refractivity contribution in [2.24, 2.45) is 0 Å². The zero-order valence-corrected chi connectivity index (χ0v) is 19.0. The Morgan fingerprint density at radius 2 is 1.85 bits per heavy atom. The number of nitrogens with zero attached hydrogens (tertiary/aromatic N) is 1. The average Bonchev–Trinajstić information content (AvgIpc) is 3.37. The Kier molecular flexibility index (Phi) is 6.57. The number of benzene rings is 2. The highest BCUT2D eigenvalue weighted by atomic mass is 32.1. The van der Waals surface area contributed by atoms with Crippen molar-refractivity contribution < 1.29 is 19.5 Å². The number of amides is 3. The van der Waals surface area contributed by atoms with Gasteiger partial charge in [0.2, 0.25) is 0 Å². The third kappa shape index (κ3) is 5.13. The van der Waals surface area contributed by atoms with Gasteiger partial charge in [-0.3, -0.25) is 14.4 Å². The number of thiophene rings is 1. The molecule has 1 unspecified atom stereocenters. The smallest absolute Gasteiger partial charge is 0.313 e. The first kappa shape index (κ1) is 22.7. The van der Waals surface area contributed by atoms with E-state index in [1.807, 2.05) is 23.6 Å². The summed E-state index contributed by atoms with van der Waals surface area (Å²) in [5.74, 6) is -1.69. The normalized spacial score (nSPS) is 14.7. The number of rotatable bonds is 5. The van der Waals surface area contributed by atoms with E-state index < -0.39 is 17.4 Å². The first-order valence-corrected chi connectivity index (χ1v) is 11.6. The fourth-order valence-corrected chi connectivity index (χ4v) is 4.51. The Labute approximate surface area is 196 Å². The number of anilines is 2. The summed E-state index contributed by atoms with van der Waals surface area (Å²) in [6, 6.07) is 17.9. The number of carbonyl (C=O) groups excluding carboxylic acids is 3. The van der Waals surface area contributed by atoms with Gasteiger partial charge >= 0.3 is 11.8 Å². The van der Waals surface area contributed by atoms with Gasteiger partial charge in [0.15, 0.2) is 0 Å². The molecule has 0 saturated heterocycles. The first-order chi connectivity index (χ1) is 15.8. The van der Waals surface area contributed by atoms with Gasteiger partial charge in [0.25, 0.3) is 5.91 Å². The van der Waals surface area contributed by atoms with E-state index in [9.17, 15) is 19.5 Å².